The second-order valence-electron chi connectivity index (χ2n) is 5.48. The molecule has 0 spiro atoms. The number of anilines is 1. The molecule has 5 nitrogen and oxygen atoms in total. The Labute approximate surface area is 141 Å². The topological polar surface area (TPSA) is 72.0 Å². The van der Waals surface area contributed by atoms with Gasteiger partial charge >= 0.3 is 0 Å². The average molecular weight is 339 g/mol. The van der Waals surface area contributed by atoms with Crippen molar-refractivity contribution in [3.05, 3.63) is 78.0 Å². The van der Waals surface area contributed by atoms with Crippen LogP contribution in [-0.2, 0) is 15.8 Å². The summed E-state index contributed by atoms with van der Waals surface area (Å²) in [5.74, 6) is -0.0443. The van der Waals surface area contributed by atoms with Gasteiger partial charge in [0.05, 0.1) is 11.4 Å². The number of aryl methyl sites for hydroxylation is 1. The van der Waals surface area contributed by atoms with E-state index in [9.17, 15) is 8.42 Å². The van der Waals surface area contributed by atoms with E-state index < -0.39 is 10.0 Å². The SMILES string of the molecule is Cc1cccc(CS(=O)(=O)Nc2nccc(-c3ccccc3)n2)c1. The van der Waals surface area contributed by atoms with Gasteiger partial charge in [0.25, 0.3) is 0 Å². The monoisotopic (exact) mass is 339 g/mol. The molecule has 1 aromatic heterocycles. The summed E-state index contributed by atoms with van der Waals surface area (Å²) in [4.78, 5) is 8.29. The Morgan fingerprint density at radius 3 is 2.54 bits per heavy atom. The third-order valence-corrected chi connectivity index (χ3v) is 4.62. The highest BCUT2D eigenvalue weighted by Gasteiger charge is 2.14. The third kappa shape index (κ3) is 4.17. The first-order chi connectivity index (χ1) is 11.5. The summed E-state index contributed by atoms with van der Waals surface area (Å²) in [7, 11) is -3.58. The van der Waals surface area contributed by atoms with Crippen LogP contribution in [0.3, 0.4) is 0 Å². The van der Waals surface area contributed by atoms with Crippen LogP contribution in [0.25, 0.3) is 11.3 Å². The van der Waals surface area contributed by atoms with Gasteiger partial charge in [0, 0.05) is 11.8 Å². The van der Waals surface area contributed by atoms with Gasteiger partial charge in [0.1, 0.15) is 0 Å². The van der Waals surface area contributed by atoms with Crippen molar-refractivity contribution in [2.45, 2.75) is 12.7 Å². The predicted molar refractivity (Wildman–Crippen MR) is 94.9 cm³/mol. The van der Waals surface area contributed by atoms with Crippen molar-refractivity contribution in [2.24, 2.45) is 0 Å². The van der Waals surface area contributed by atoms with Gasteiger partial charge in [0.15, 0.2) is 0 Å². The predicted octanol–water partition coefficient (Wildman–Crippen LogP) is 3.39. The molecule has 0 aliphatic carbocycles. The normalized spacial score (nSPS) is 11.2. The standard InChI is InChI=1S/C18H17N3O2S/c1-14-6-5-7-15(12-14)13-24(22,23)21-18-19-11-10-17(20-18)16-8-3-2-4-9-16/h2-12H,13H2,1H3,(H,19,20,21). The zero-order chi connectivity index (χ0) is 17.0. The molecule has 122 valence electrons. The molecular formula is C18H17N3O2S. The van der Waals surface area contributed by atoms with E-state index in [1.165, 1.54) is 0 Å². The maximum atomic E-state index is 12.3. The molecule has 1 heterocycles. The largest absolute Gasteiger partial charge is 0.251 e. The lowest BCUT2D eigenvalue weighted by atomic mass is 10.1. The van der Waals surface area contributed by atoms with E-state index in [-0.39, 0.29) is 11.7 Å². The molecule has 0 unspecified atom stereocenters. The molecule has 1 N–H and O–H groups in total. The minimum Gasteiger partial charge on any atom is -0.251 e. The highest BCUT2D eigenvalue weighted by atomic mass is 32.2. The first-order valence-corrected chi connectivity index (χ1v) is 9.12. The molecule has 0 aliphatic rings. The Morgan fingerprint density at radius 2 is 1.79 bits per heavy atom. The van der Waals surface area contributed by atoms with Gasteiger partial charge in [-0.1, -0.05) is 60.2 Å². The van der Waals surface area contributed by atoms with Gasteiger partial charge in [-0.2, -0.15) is 0 Å². The molecule has 0 amide bonds. The van der Waals surface area contributed by atoms with E-state index >= 15 is 0 Å². The number of benzene rings is 2. The first kappa shape index (κ1) is 16.1. The van der Waals surface area contributed by atoms with Crippen LogP contribution in [0.4, 0.5) is 5.95 Å². The molecule has 0 bridgehead atoms. The molecule has 24 heavy (non-hydrogen) atoms. The van der Waals surface area contributed by atoms with Crippen molar-refractivity contribution >= 4 is 16.0 Å². The Balaban J connectivity index is 1.80. The minimum absolute atomic E-state index is 0.0732. The summed E-state index contributed by atoms with van der Waals surface area (Å²) in [5, 5.41) is 0. The fraction of sp³-hybridized carbons (Fsp3) is 0.111. The van der Waals surface area contributed by atoms with E-state index in [2.05, 4.69) is 14.7 Å². The van der Waals surface area contributed by atoms with Crippen molar-refractivity contribution in [1.29, 1.82) is 0 Å². The van der Waals surface area contributed by atoms with Crippen LogP contribution in [0, 0.1) is 6.92 Å². The van der Waals surface area contributed by atoms with Crippen LogP contribution >= 0.6 is 0 Å². The van der Waals surface area contributed by atoms with Crippen LogP contribution in [-0.4, -0.2) is 18.4 Å². The molecule has 0 atom stereocenters. The lowest BCUT2D eigenvalue weighted by Crippen LogP contribution is -2.17. The molecular weight excluding hydrogens is 322 g/mol. The molecule has 6 heteroatoms. The highest BCUT2D eigenvalue weighted by molar-refractivity contribution is 7.91. The van der Waals surface area contributed by atoms with Crippen molar-refractivity contribution in [2.75, 3.05) is 4.72 Å². The van der Waals surface area contributed by atoms with Crippen molar-refractivity contribution in [3.63, 3.8) is 0 Å². The summed E-state index contributed by atoms with van der Waals surface area (Å²) in [6.45, 7) is 1.93. The number of rotatable bonds is 5. The maximum absolute atomic E-state index is 12.3. The Hall–Kier alpha value is -2.73. The van der Waals surface area contributed by atoms with Gasteiger partial charge in [-0.15, -0.1) is 0 Å². The summed E-state index contributed by atoms with van der Waals surface area (Å²) in [5.41, 5.74) is 3.31. The van der Waals surface area contributed by atoms with Crippen LogP contribution in [0.5, 0.6) is 0 Å². The molecule has 2 aromatic carbocycles. The van der Waals surface area contributed by atoms with E-state index in [1.54, 1.807) is 18.3 Å². The van der Waals surface area contributed by atoms with Gasteiger partial charge in [0.2, 0.25) is 16.0 Å². The Kier molecular flexibility index (Phi) is 4.57. The summed E-state index contributed by atoms with van der Waals surface area (Å²) in [6, 6.07) is 18.7. The number of nitrogens with zero attached hydrogens (tertiary/aromatic N) is 2. The average Bonchev–Trinajstić information content (AvgIpc) is 2.55. The van der Waals surface area contributed by atoms with E-state index in [0.29, 0.717) is 5.69 Å². The molecule has 0 saturated heterocycles. The summed E-state index contributed by atoms with van der Waals surface area (Å²) >= 11 is 0. The van der Waals surface area contributed by atoms with Gasteiger partial charge in [-0.25, -0.2) is 18.4 Å². The fourth-order valence-electron chi connectivity index (χ4n) is 2.37. The molecule has 0 radical (unpaired) electrons. The Bertz CT molecular complexity index is 941. The lowest BCUT2D eigenvalue weighted by Gasteiger charge is -2.08. The zero-order valence-corrected chi connectivity index (χ0v) is 14.0. The second-order valence-corrected chi connectivity index (χ2v) is 7.20. The van der Waals surface area contributed by atoms with Crippen LogP contribution in [0.15, 0.2) is 66.9 Å². The van der Waals surface area contributed by atoms with E-state index in [0.717, 1.165) is 16.7 Å². The maximum Gasteiger partial charge on any atom is 0.239 e. The molecule has 3 rings (SSSR count). The molecule has 0 fully saturated rings. The quantitative estimate of drug-likeness (QED) is 0.773. The van der Waals surface area contributed by atoms with Crippen LogP contribution < -0.4 is 4.72 Å². The van der Waals surface area contributed by atoms with Crippen molar-refractivity contribution < 1.29 is 8.42 Å². The lowest BCUT2D eigenvalue weighted by molar-refractivity contribution is 0.600. The van der Waals surface area contributed by atoms with E-state index in [1.807, 2.05) is 55.5 Å². The highest BCUT2D eigenvalue weighted by Crippen LogP contribution is 2.18. The zero-order valence-electron chi connectivity index (χ0n) is 13.2. The second kappa shape index (κ2) is 6.80. The molecule has 0 aliphatic heterocycles. The van der Waals surface area contributed by atoms with Gasteiger partial charge in [-0.05, 0) is 18.6 Å². The first-order valence-electron chi connectivity index (χ1n) is 7.46. The van der Waals surface area contributed by atoms with Crippen molar-refractivity contribution in [3.8, 4) is 11.3 Å². The number of hydrogen-bond donors (Lipinski definition) is 1. The molecule has 3 aromatic rings. The van der Waals surface area contributed by atoms with E-state index in [4.69, 9.17) is 0 Å². The number of aromatic nitrogens is 2. The van der Waals surface area contributed by atoms with Crippen LogP contribution in [0.1, 0.15) is 11.1 Å². The van der Waals surface area contributed by atoms with Gasteiger partial charge in [-0.3, -0.25) is 4.72 Å². The van der Waals surface area contributed by atoms with Gasteiger partial charge < -0.3 is 0 Å². The summed E-state index contributed by atoms with van der Waals surface area (Å²) in [6.07, 6.45) is 1.54. The van der Waals surface area contributed by atoms with Crippen LogP contribution in [0.2, 0.25) is 0 Å². The summed E-state index contributed by atoms with van der Waals surface area (Å²) < 4.78 is 27.1. The number of hydrogen-bond acceptors (Lipinski definition) is 4. The Morgan fingerprint density at radius 1 is 1.00 bits per heavy atom. The smallest absolute Gasteiger partial charge is 0.239 e. The fourth-order valence-corrected chi connectivity index (χ4v) is 3.44. The number of sulfonamides is 1. The minimum atomic E-state index is -3.58. The number of nitrogens with one attached hydrogen (secondary N) is 1. The third-order valence-electron chi connectivity index (χ3n) is 3.41. The van der Waals surface area contributed by atoms with Crippen molar-refractivity contribution in [1.82, 2.24) is 9.97 Å². The molecule has 0 saturated carbocycles.